The molecule has 0 radical (unpaired) electrons. The van der Waals surface area contributed by atoms with Gasteiger partial charge in [0.1, 0.15) is 18.9 Å². The van der Waals surface area contributed by atoms with Crippen molar-refractivity contribution < 1.29 is 24.2 Å². The molecule has 1 heterocycles. The van der Waals surface area contributed by atoms with Crippen LogP contribution in [-0.2, 0) is 16.1 Å². The van der Waals surface area contributed by atoms with Crippen LogP contribution in [0, 0.1) is 0 Å². The van der Waals surface area contributed by atoms with Crippen LogP contribution in [0.2, 0.25) is 5.02 Å². The van der Waals surface area contributed by atoms with E-state index in [4.69, 9.17) is 21.4 Å². The molecule has 8 nitrogen and oxygen atoms in total. The number of nitrogens with one attached hydrogen (secondary N) is 1. The second kappa shape index (κ2) is 10.3. The van der Waals surface area contributed by atoms with Crippen molar-refractivity contribution in [2.75, 3.05) is 37.7 Å². The van der Waals surface area contributed by atoms with E-state index >= 15 is 0 Å². The molecule has 0 saturated heterocycles. The molecule has 0 fully saturated rings. The molecule has 9 heteroatoms. The van der Waals surface area contributed by atoms with Crippen LogP contribution < -0.4 is 15.0 Å². The standard InChI is InChI=1S/C22H24ClN3O5/c1-15(28)24-8-9-25-13-16-4-2-3-5-20(16)26(14-21(25)29)22(30)18-7-6-17(12-19(18)23)31-11-10-27/h2-7,12,27H,8-11,13-14H2,1H3,(H,24,28). The second-order valence-electron chi connectivity index (χ2n) is 7.03. The fraction of sp³-hybridized carbons (Fsp3) is 0.318. The number of benzene rings is 2. The maximum absolute atomic E-state index is 13.3. The monoisotopic (exact) mass is 445 g/mol. The van der Waals surface area contributed by atoms with E-state index in [1.165, 1.54) is 17.9 Å². The quantitative estimate of drug-likeness (QED) is 0.677. The molecular weight excluding hydrogens is 422 g/mol. The van der Waals surface area contributed by atoms with E-state index in [9.17, 15) is 14.4 Å². The molecule has 0 bridgehead atoms. The van der Waals surface area contributed by atoms with Crippen LogP contribution >= 0.6 is 11.6 Å². The molecule has 3 amide bonds. The topological polar surface area (TPSA) is 99.2 Å². The SMILES string of the molecule is CC(=O)NCCN1Cc2ccccc2N(C(=O)c2ccc(OCCO)cc2Cl)CC1=O. The van der Waals surface area contributed by atoms with E-state index in [0.717, 1.165) is 5.56 Å². The predicted molar refractivity (Wildman–Crippen MR) is 116 cm³/mol. The number of halogens is 1. The maximum atomic E-state index is 13.3. The molecule has 0 spiro atoms. The fourth-order valence-electron chi connectivity index (χ4n) is 3.34. The number of carbonyl (C=O) groups is 3. The molecule has 2 aromatic carbocycles. The van der Waals surface area contributed by atoms with Gasteiger partial charge in [-0.25, -0.2) is 0 Å². The molecule has 164 valence electrons. The fourth-order valence-corrected chi connectivity index (χ4v) is 3.59. The molecule has 0 atom stereocenters. The second-order valence-corrected chi connectivity index (χ2v) is 7.44. The molecular formula is C22H24ClN3O5. The summed E-state index contributed by atoms with van der Waals surface area (Å²) in [6.07, 6.45) is 0. The number of aliphatic hydroxyl groups is 1. The Kier molecular flexibility index (Phi) is 7.49. The average Bonchev–Trinajstić information content (AvgIpc) is 2.88. The summed E-state index contributed by atoms with van der Waals surface area (Å²) < 4.78 is 5.33. The predicted octanol–water partition coefficient (Wildman–Crippen LogP) is 1.84. The van der Waals surface area contributed by atoms with Crippen molar-refractivity contribution in [1.29, 1.82) is 0 Å². The Bertz CT molecular complexity index is 981. The molecule has 1 aliphatic rings. The number of rotatable bonds is 7. The number of hydrogen-bond donors (Lipinski definition) is 2. The minimum atomic E-state index is -0.400. The molecule has 0 aliphatic carbocycles. The van der Waals surface area contributed by atoms with Gasteiger partial charge < -0.3 is 20.1 Å². The van der Waals surface area contributed by atoms with Gasteiger partial charge in [-0.15, -0.1) is 0 Å². The van der Waals surface area contributed by atoms with Crippen molar-refractivity contribution in [3.05, 3.63) is 58.6 Å². The molecule has 31 heavy (non-hydrogen) atoms. The van der Waals surface area contributed by atoms with Crippen LogP contribution in [0.3, 0.4) is 0 Å². The third-order valence-corrected chi connectivity index (χ3v) is 5.13. The first kappa shape index (κ1) is 22.6. The van der Waals surface area contributed by atoms with Crippen LogP contribution in [0.5, 0.6) is 5.75 Å². The summed E-state index contributed by atoms with van der Waals surface area (Å²) in [5.74, 6) is -0.357. The highest BCUT2D eigenvalue weighted by molar-refractivity contribution is 6.34. The van der Waals surface area contributed by atoms with Gasteiger partial charge in [-0.05, 0) is 29.8 Å². The number of ether oxygens (including phenoxy) is 1. The van der Waals surface area contributed by atoms with Crippen LogP contribution in [0.4, 0.5) is 5.69 Å². The Morgan fingerprint density at radius 2 is 1.97 bits per heavy atom. The van der Waals surface area contributed by atoms with Gasteiger partial charge in [0.2, 0.25) is 11.8 Å². The van der Waals surface area contributed by atoms with Crippen LogP contribution in [0.1, 0.15) is 22.8 Å². The minimum absolute atomic E-state index is 0.117. The van der Waals surface area contributed by atoms with Crippen LogP contribution in [-0.4, -0.2) is 60.6 Å². The highest BCUT2D eigenvalue weighted by Gasteiger charge is 2.30. The minimum Gasteiger partial charge on any atom is -0.491 e. The number of nitrogens with zero attached hydrogens (tertiary/aromatic N) is 2. The van der Waals surface area contributed by atoms with Crippen molar-refractivity contribution >= 4 is 35.0 Å². The van der Waals surface area contributed by atoms with E-state index in [2.05, 4.69) is 5.32 Å². The Morgan fingerprint density at radius 3 is 2.68 bits per heavy atom. The lowest BCUT2D eigenvalue weighted by atomic mass is 10.1. The van der Waals surface area contributed by atoms with Gasteiger partial charge in [0.05, 0.1) is 17.2 Å². The summed E-state index contributed by atoms with van der Waals surface area (Å²) in [5.41, 5.74) is 1.70. The summed E-state index contributed by atoms with van der Waals surface area (Å²) in [6.45, 7) is 2.26. The van der Waals surface area contributed by atoms with Gasteiger partial charge in [-0.2, -0.15) is 0 Å². The Morgan fingerprint density at radius 1 is 1.19 bits per heavy atom. The molecule has 0 aromatic heterocycles. The number of fused-ring (bicyclic) bond motifs is 1. The smallest absolute Gasteiger partial charge is 0.260 e. The van der Waals surface area contributed by atoms with Crippen molar-refractivity contribution in [1.82, 2.24) is 10.2 Å². The van der Waals surface area contributed by atoms with E-state index in [1.807, 2.05) is 18.2 Å². The zero-order valence-electron chi connectivity index (χ0n) is 17.1. The molecule has 2 aromatic rings. The van der Waals surface area contributed by atoms with Gasteiger partial charge in [0.25, 0.3) is 5.91 Å². The summed E-state index contributed by atoms with van der Waals surface area (Å²) >= 11 is 6.33. The zero-order chi connectivity index (χ0) is 22.4. The van der Waals surface area contributed by atoms with E-state index in [1.54, 1.807) is 23.1 Å². The number of amides is 3. The lowest BCUT2D eigenvalue weighted by molar-refractivity contribution is -0.130. The van der Waals surface area contributed by atoms with Gasteiger partial charge in [0.15, 0.2) is 0 Å². The van der Waals surface area contributed by atoms with Crippen molar-refractivity contribution in [3.63, 3.8) is 0 Å². The highest BCUT2D eigenvalue weighted by Crippen LogP contribution is 2.30. The number of hydrogen-bond acceptors (Lipinski definition) is 5. The highest BCUT2D eigenvalue weighted by atomic mass is 35.5. The van der Waals surface area contributed by atoms with Gasteiger partial charge in [-0.1, -0.05) is 29.8 Å². The summed E-state index contributed by atoms with van der Waals surface area (Å²) in [4.78, 5) is 40.4. The Hall–Kier alpha value is -3.10. The summed E-state index contributed by atoms with van der Waals surface area (Å²) in [5, 5.41) is 11.8. The number of para-hydroxylation sites is 1. The summed E-state index contributed by atoms with van der Waals surface area (Å²) in [7, 11) is 0. The first-order valence-corrected chi connectivity index (χ1v) is 10.2. The van der Waals surface area contributed by atoms with E-state index < -0.39 is 5.91 Å². The number of aliphatic hydroxyl groups excluding tert-OH is 1. The normalized spacial score (nSPS) is 13.5. The molecule has 0 saturated carbocycles. The average molecular weight is 446 g/mol. The Labute approximate surface area is 185 Å². The van der Waals surface area contributed by atoms with Gasteiger partial charge in [0, 0.05) is 32.2 Å². The van der Waals surface area contributed by atoms with Gasteiger partial charge >= 0.3 is 0 Å². The third-order valence-electron chi connectivity index (χ3n) is 4.82. The first-order valence-electron chi connectivity index (χ1n) is 9.86. The van der Waals surface area contributed by atoms with E-state index in [0.29, 0.717) is 31.1 Å². The van der Waals surface area contributed by atoms with Crippen molar-refractivity contribution in [3.8, 4) is 5.75 Å². The van der Waals surface area contributed by atoms with Crippen LogP contribution in [0.25, 0.3) is 0 Å². The van der Waals surface area contributed by atoms with Crippen LogP contribution in [0.15, 0.2) is 42.5 Å². The molecule has 3 rings (SSSR count). The van der Waals surface area contributed by atoms with Crippen molar-refractivity contribution in [2.45, 2.75) is 13.5 Å². The Balaban J connectivity index is 1.86. The van der Waals surface area contributed by atoms with Crippen molar-refractivity contribution in [2.24, 2.45) is 0 Å². The van der Waals surface area contributed by atoms with Gasteiger partial charge in [-0.3, -0.25) is 19.3 Å². The largest absolute Gasteiger partial charge is 0.491 e. The lowest BCUT2D eigenvalue weighted by Gasteiger charge is -2.23. The molecule has 2 N–H and O–H groups in total. The third kappa shape index (κ3) is 5.53. The van der Waals surface area contributed by atoms with E-state index in [-0.39, 0.29) is 42.2 Å². The molecule has 0 unspecified atom stereocenters. The molecule has 1 aliphatic heterocycles. The maximum Gasteiger partial charge on any atom is 0.260 e. The lowest BCUT2D eigenvalue weighted by Crippen LogP contribution is -2.42. The number of carbonyl (C=O) groups excluding carboxylic acids is 3. The first-order chi connectivity index (χ1) is 14.9. The number of anilines is 1. The summed E-state index contributed by atoms with van der Waals surface area (Å²) in [6, 6.07) is 12.0. The zero-order valence-corrected chi connectivity index (χ0v) is 17.9.